The van der Waals surface area contributed by atoms with Crippen molar-refractivity contribution in [1.29, 1.82) is 0 Å². The van der Waals surface area contributed by atoms with Crippen LogP contribution in [0.3, 0.4) is 0 Å². The number of nitrogens with one attached hydrogen (secondary N) is 1. The van der Waals surface area contributed by atoms with E-state index in [0.29, 0.717) is 25.6 Å². The minimum Gasteiger partial charge on any atom is -0.319 e. The monoisotopic (exact) mass is 311 g/mol. The van der Waals surface area contributed by atoms with Gasteiger partial charge in [0, 0.05) is 19.6 Å². The summed E-state index contributed by atoms with van der Waals surface area (Å²) in [5.74, 6) is 0.577. The van der Waals surface area contributed by atoms with Gasteiger partial charge in [0.15, 0.2) is 0 Å². The highest BCUT2D eigenvalue weighted by molar-refractivity contribution is 7.90. The van der Waals surface area contributed by atoms with Gasteiger partial charge in [0.2, 0.25) is 0 Å². The number of anilines is 1. The molecule has 118 valence electrons. The fourth-order valence-electron chi connectivity index (χ4n) is 2.85. The predicted molar refractivity (Wildman–Crippen MR) is 86.6 cm³/mol. The molecule has 0 saturated carbocycles. The van der Waals surface area contributed by atoms with Crippen LogP contribution in [0.25, 0.3) is 0 Å². The Morgan fingerprint density at radius 3 is 2.38 bits per heavy atom. The third-order valence-corrected chi connectivity index (χ3v) is 6.05. The first-order valence-electron chi connectivity index (χ1n) is 7.57. The van der Waals surface area contributed by atoms with E-state index in [1.807, 2.05) is 44.3 Å². The molecule has 21 heavy (non-hydrogen) atoms. The molecule has 1 fully saturated rings. The highest BCUT2D eigenvalue weighted by Gasteiger charge is 2.32. The second-order valence-corrected chi connectivity index (χ2v) is 7.26. The number of hydrogen-bond acceptors (Lipinski definition) is 3. The molecule has 0 bridgehead atoms. The molecule has 0 atom stereocenters. The lowest BCUT2D eigenvalue weighted by Crippen LogP contribution is -2.48. The molecule has 1 N–H and O–H groups in total. The van der Waals surface area contributed by atoms with Gasteiger partial charge in [0.05, 0.1) is 5.69 Å². The van der Waals surface area contributed by atoms with Crippen LogP contribution < -0.4 is 9.62 Å². The quantitative estimate of drug-likeness (QED) is 0.870. The maximum atomic E-state index is 12.8. The summed E-state index contributed by atoms with van der Waals surface area (Å²) in [4.78, 5) is 0. The van der Waals surface area contributed by atoms with Crippen molar-refractivity contribution < 1.29 is 8.42 Å². The molecule has 6 heteroatoms. The Labute approximate surface area is 128 Å². The SMILES string of the molecule is CCN(c1ccccc1)S(=O)(=O)N1CCC(CNC)CC1. The summed E-state index contributed by atoms with van der Waals surface area (Å²) in [5, 5.41) is 3.17. The Balaban J connectivity index is 2.10. The van der Waals surface area contributed by atoms with E-state index in [0.717, 1.165) is 25.1 Å². The van der Waals surface area contributed by atoms with E-state index in [-0.39, 0.29) is 0 Å². The summed E-state index contributed by atoms with van der Waals surface area (Å²) >= 11 is 0. The molecule has 0 amide bonds. The molecule has 0 aromatic heterocycles. The highest BCUT2D eigenvalue weighted by atomic mass is 32.2. The van der Waals surface area contributed by atoms with Crippen molar-refractivity contribution in [2.45, 2.75) is 19.8 Å². The van der Waals surface area contributed by atoms with Crippen LogP contribution in [0.2, 0.25) is 0 Å². The summed E-state index contributed by atoms with van der Waals surface area (Å²) < 4.78 is 28.7. The Kier molecular flexibility index (Phi) is 5.61. The zero-order valence-corrected chi connectivity index (χ0v) is 13.6. The molecule has 1 aromatic carbocycles. The van der Waals surface area contributed by atoms with Crippen molar-refractivity contribution >= 4 is 15.9 Å². The van der Waals surface area contributed by atoms with Crippen molar-refractivity contribution in [1.82, 2.24) is 9.62 Å². The molecular formula is C15H25N3O2S. The van der Waals surface area contributed by atoms with Crippen LogP contribution in [-0.4, -0.2) is 45.9 Å². The molecule has 1 aliphatic heterocycles. The van der Waals surface area contributed by atoms with Gasteiger partial charge < -0.3 is 5.32 Å². The maximum Gasteiger partial charge on any atom is 0.304 e. The van der Waals surface area contributed by atoms with Gasteiger partial charge >= 0.3 is 10.2 Å². The van der Waals surface area contributed by atoms with Crippen molar-refractivity contribution in [3.63, 3.8) is 0 Å². The molecule has 1 heterocycles. The van der Waals surface area contributed by atoms with Crippen molar-refractivity contribution in [2.75, 3.05) is 37.5 Å². The fourth-order valence-corrected chi connectivity index (χ4v) is 4.51. The van der Waals surface area contributed by atoms with Crippen LogP contribution in [0.5, 0.6) is 0 Å². The van der Waals surface area contributed by atoms with E-state index >= 15 is 0 Å². The lowest BCUT2D eigenvalue weighted by atomic mass is 9.98. The van der Waals surface area contributed by atoms with Gasteiger partial charge in [-0.1, -0.05) is 18.2 Å². The normalized spacial score (nSPS) is 17.8. The molecular weight excluding hydrogens is 286 g/mol. The smallest absolute Gasteiger partial charge is 0.304 e. The molecule has 0 spiro atoms. The third-order valence-electron chi connectivity index (χ3n) is 4.00. The van der Waals surface area contributed by atoms with E-state index < -0.39 is 10.2 Å². The van der Waals surface area contributed by atoms with Crippen LogP contribution in [-0.2, 0) is 10.2 Å². The Morgan fingerprint density at radius 1 is 1.24 bits per heavy atom. The minimum absolute atomic E-state index is 0.447. The van der Waals surface area contributed by atoms with Crippen molar-refractivity contribution in [3.8, 4) is 0 Å². The first-order chi connectivity index (χ1) is 10.1. The molecule has 0 aliphatic carbocycles. The lowest BCUT2D eigenvalue weighted by molar-refractivity contribution is 0.270. The zero-order valence-electron chi connectivity index (χ0n) is 12.8. The largest absolute Gasteiger partial charge is 0.319 e. The van der Waals surface area contributed by atoms with E-state index in [1.54, 1.807) is 4.31 Å². The van der Waals surface area contributed by atoms with E-state index in [9.17, 15) is 8.42 Å². The molecule has 5 nitrogen and oxygen atoms in total. The van der Waals surface area contributed by atoms with Crippen LogP contribution >= 0.6 is 0 Å². The average molecular weight is 311 g/mol. The first kappa shape index (κ1) is 16.3. The molecule has 2 rings (SSSR count). The van der Waals surface area contributed by atoms with Gasteiger partial charge in [-0.15, -0.1) is 0 Å². The maximum absolute atomic E-state index is 12.8. The van der Waals surface area contributed by atoms with Crippen LogP contribution in [0.1, 0.15) is 19.8 Å². The number of nitrogens with zero attached hydrogens (tertiary/aromatic N) is 2. The Morgan fingerprint density at radius 2 is 1.86 bits per heavy atom. The standard InChI is InChI=1S/C15H25N3O2S/c1-3-18(15-7-5-4-6-8-15)21(19,20)17-11-9-14(10-12-17)13-16-2/h4-8,14,16H,3,9-13H2,1-2H3. The van der Waals surface area contributed by atoms with Gasteiger partial charge in [0.25, 0.3) is 0 Å². The number of hydrogen-bond donors (Lipinski definition) is 1. The van der Waals surface area contributed by atoms with E-state index in [2.05, 4.69) is 5.32 Å². The van der Waals surface area contributed by atoms with Gasteiger partial charge in [0.1, 0.15) is 0 Å². The highest BCUT2D eigenvalue weighted by Crippen LogP contribution is 2.24. The lowest BCUT2D eigenvalue weighted by Gasteiger charge is -2.35. The number of rotatable bonds is 6. The average Bonchev–Trinajstić information content (AvgIpc) is 2.50. The zero-order chi connectivity index (χ0) is 15.3. The first-order valence-corrected chi connectivity index (χ1v) is 8.96. The number of benzene rings is 1. The van der Waals surface area contributed by atoms with Crippen LogP contribution in [0.15, 0.2) is 30.3 Å². The molecule has 0 unspecified atom stereocenters. The van der Waals surface area contributed by atoms with Crippen molar-refractivity contribution in [3.05, 3.63) is 30.3 Å². The molecule has 0 radical (unpaired) electrons. The second-order valence-electron chi connectivity index (χ2n) is 5.41. The van der Waals surface area contributed by atoms with Crippen LogP contribution in [0, 0.1) is 5.92 Å². The molecule has 1 saturated heterocycles. The summed E-state index contributed by atoms with van der Waals surface area (Å²) in [6.45, 7) is 4.50. The van der Waals surface area contributed by atoms with Gasteiger partial charge in [-0.3, -0.25) is 4.31 Å². The summed E-state index contributed by atoms with van der Waals surface area (Å²) in [5.41, 5.74) is 0.734. The van der Waals surface area contributed by atoms with Gasteiger partial charge in [-0.25, -0.2) is 0 Å². The van der Waals surface area contributed by atoms with Gasteiger partial charge in [-0.2, -0.15) is 12.7 Å². The fraction of sp³-hybridized carbons (Fsp3) is 0.600. The Bertz CT molecular complexity index is 525. The minimum atomic E-state index is -3.42. The summed E-state index contributed by atoms with van der Waals surface area (Å²) in [6.07, 6.45) is 1.85. The van der Waals surface area contributed by atoms with E-state index in [4.69, 9.17) is 0 Å². The van der Waals surface area contributed by atoms with Crippen molar-refractivity contribution in [2.24, 2.45) is 5.92 Å². The predicted octanol–water partition coefficient (Wildman–Crippen LogP) is 1.69. The van der Waals surface area contributed by atoms with Gasteiger partial charge in [-0.05, 0) is 51.4 Å². The Hall–Kier alpha value is -1.11. The van der Waals surface area contributed by atoms with Crippen LogP contribution in [0.4, 0.5) is 5.69 Å². The second kappa shape index (κ2) is 7.24. The number of para-hydroxylation sites is 1. The summed E-state index contributed by atoms with van der Waals surface area (Å²) in [7, 11) is -1.48. The topological polar surface area (TPSA) is 52.7 Å². The van der Waals surface area contributed by atoms with E-state index in [1.165, 1.54) is 4.31 Å². The summed E-state index contributed by atoms with van der Waals surface area (Å²) in [6, 6.07) is 9.32. The molecule has 1 aromatic rings. The molecule has 1 aliphatic rings. The number of piperidine rings is 1. The third kappa shape index (κ3) is 3.75.